The summed E-state index contributed by atoms with van der Waals surface area (Å²) in [4.78, 5) is 0. The van der Waals surface area contributed by atoms with Crippen LogP contribution >= 0.6 is 15.9 Å². The van der Waals surface area contributed by atoms with Crippen LogP contribution < -0.4 is 9.47 Å². The first-order valence-electron chi connectivity index (χ1n) is 5.88. The number of ether oxygens (including phenoxy) is 3. The number of aliphatic hydroxyl groups is 1. The summed E-state index contributed by atoms with van der Waals surface area (Å²) in [5, 5.41) is 10.4. The molecule has 2 unspecified atom stereocenters. The molecule has 0 aromatic heterocycles. The minimum Gasteiger partial charge on any atom is -0.496 e. The average molecular weight is 317 g/mol. The molecule has 5 heteroatoms. The van der Waals surface area contributed by atoms with Crippen molar-refractivity contribution in [2.24, 2.45) is 0 Å². The molecular formula is C13H17BrO4. The van der Waals surface area contributed by atoms with Gasteiger partial charge in [-0.1, -0.05) is 0 Å². The fourth-order valence-electron chi connectivity index (χ4n) is 2.17. The van der Waals surface area contributed by atoms with Crippen molar-refractivity contribution in [2.45, 2.75) is 25.0 Å². The van der Waals surface area contributed by atoms with Gasteiger partial charge in [-0.2, -0.15) is 0 Å². The van der Waals surface area contributed by atoms with Crippen LogP contribution in [0.2, 0.25) is 0 Å². The summed E-state index contributed by atoms with van der Waals surface area (Å²) in [6, 6.07) is 3.58. The van der Waals surface area contributed by atoms with Crippen LogP contribution in [0.5, 0.6) is 11.5 Å². The molecule has 1 heterocycles. The van der Waals surface area contributed by atoms with Gasteiger partial charge in [0.05, 0.1) is 24.8 Å². The van der Waals surface area contributed by atoms with Gasteiger partial charge in [-0.3, -0.25) is 0 Å². The second-order valence-corrected chi connectivity index (χ2v) is 5.08. The van der Waals surface area contributed by atoms with E-state index in [9.17, 15) is 5.11 Å². The van der Waals surface area contributed by atoms with Crippen LogP contribution in [0.1, 0.15) is 24.5 Å². The molecule has 1 aliphatic rings. The highest BCUT2D eigenvalue weighted by atomic mass is 79.9. The summed E-state index contributed by atoms with van der Waals surface area (Å²) < 4.78 is 16.9. The SMILES string of the molecule is COc1cc(C(O)C2CCCO2)c(OC)cc1Br. The molecule has 0 aliphatic carbocycles. The molecule has 4 nitrogen and oxygen atoms in total. The van der Waals surface area contributed by atoms with Crippen molar-refractivity contribution in [3.8, 4) is 11.5 Å². The zero-order valence-electron chi connectivity index (χ0n) is 10.5. The smallest absolute Gasteiger partial charge is 0.133 e. The third-order valence-corrected chi connectivity index (χ3v) is 3.76. The molecule has 1 aliphatic heterocycles. The van der Waals surface area contributed by atoms with Gasteiger partial charge in [-0.05, 0) is 40.9 Å². The Hall–Kier alpha value is -0.780. The van der Waals surface area contributed by atoms with Gasteiger partial charge in [0.15, 0.2) is 0 Å². The lowest BCUT2D eigenvalue weighted by Gasteiger charge is -2.21. The number of hydrogen-bond donors (Lipinski definition) is 1. The predicted molar refractivity (Wildman–Crippen MR) is 71.2 cm³/mol. The lowest BCUT2D eigenvalue weighted by molar-refractivity contribution is -0.00373. The van der Waals surface area contributed by atoms with E-state index in [2.05, 4.69) is 15.9 Å². The zero-order chi connectivity index (χ0) is 13.1. The molecule has 2 rings (SSSR count). The van der Waals surface area contributed by atoms with Crippen LogP contribution in [-0.2, 0) is 4.74 Å². The Morgan fingerprint density at radius 2 is 2.06 bits per heavy atom. The van der Waals surface area contributed by atoms with Gasteiger partial charge in [0.25, 0.3) is 0 Å². The summed E-state index contributed by atoms with van der Waals surface area (Å²) in [6.07, 6.45) is 0.995. The second kappa shape index (κ2) is 5.91. The normalized spacial score (nSPS) is 20.8. The van der Waals surface area contributed by atoms with Crippen molar-refractivity contribution < 1.29 is 19.3 Å². The van der Waals surface area contributed by atoms with Gasteiger partial charge in [0, 0.05) is 12.2 Å². The van der Waals surface area contributed by atoms with E-state index in [-0.39, 0.29) is 6.10 Å². The number of hydrogen-bond acceptors (Lipinski definition) is 4. The first-order chi connectivity index (χ1) is 8.67. The Balaban J connectivity index is 2.34. The fraction of sp³-hybridized carbons (Fsp3) is 0.538. The molecule has 1 fully saturated rings. The molecule has 2 atom stereocenters. The monoisotopic (exact) mass is 316 g/mol. The summed E-state index contributed by atoms with van der Waals surface area (Å²) in [7, 11) is 3.18. The van der Waals surface area contributed by atoms with Crippen molar-refractivity contribution in [3.63, 3.8) is 0 Å². The van der Waals surface area contributed by atoms with E-state index in [1.165, 1.54) is 0 Å². The molecule has 1 saturated heterocycles. The van der Waals surface area contributed by atoms with Crippen LogP contribution in [0.3, 0.4) is 0 Å². The lowest BCUT2D eigenvalue weighted by Crippen LogP contribution is -2.18. The molecular weight excluding hydrogens is 300 g/mol. The molecule has 0 spiro atoms. The van der Waals surface area contributed by atoms with Gasteiger partial charge in [-0.25, -0.2) is 0 Å². The Bertz CT molecular complexity index is 416. The number of benzene rings is 1. The highest BCUT2D eigenvalue weighted by molar-refractivity contribution is 9.10. The molecule has 18 heavy (non-hydrogen) atoms. The molecule has 100 valence electrons. The van der Waals surface area contributed by atoms with E-state index in [0.29, 0.717) is 23.7 Å². The van der Waals surface area contributed by atoms with Crippen molar-refractivity contribution in [1.82, 2.24) is 0 Å². The first kappa shape index (κ1) is 13.6. The van der Waals surface area contributed by atoms with Crippen LogP contribution in [-0.4, -0.2) is 32.0 Å². The lowest BCUT2D eigenvalue weighted by atomic mass is 10.0. The molecule has 0 saturated carbocycles. The van der Waals surface area contributed by atoms with Crippen LogP contribution in [0.15, 0.2) is 16.6 Å². The van der Waals surface area contributed by atoms with Crippen molar-refractivity contribution in [2.75, 3.05) is 20.8 Å². The van der Waals surface area contributed by atoms with Crippen molar-refractivity contribution >= 4 is 15.9 Å². The number of rotatable bonds is 4. The predicted octanol–water partition coefficient (Wildman–Crippen LogP) is 2.68. The van der Waals surface area contributed by atoms with E-state index >= 15 is 0 Å². The maximum absolute atomic E-state index is 10.4. The van der Waals surface area contributed by atoms with E-state index in [1.807, 2.05) is 0 Å². The number of halogens is 1. The van der Waals surface area contributed by atoms with Gasteiger partial charge in [-0.15, -0.1) is 0 Å². The third-order valence-electron chi connectivity index (χ3n) is 3.14. The highest BCUT2D eigenvalue weighted by Gasteiger charge is 2.28. The first-order valence-corrected chi connectivity index (χ1v) is 6.67. The largest absolute Gasteiger partial charge is 0.496 e. The Kier molecular flexibility index (Phi) is 4.48. The minimum atomic E-state index is -0.690. The maximum Gasteiger partial charge on any atom is 0.133 e. The number of methoxy groups -OCH3 is 2. The fourth-order valence-corrected chi connectivity index (χ4v) is 2.65. The average Bonchev–Trinajstić information content (AvgIpc) is 2.91. The van der Waals surface area contributed by atoms with Crippen LogP contribution in [0, 0.1) is 0 Å². The molecule has 1 N–H and O–H groups in total. The van der Waals surface area contributed by atoms with E-state index in [4.69, 9.17) is 14.2 Å². The summed E-state index contributed by atoms with van der Waals surface area (Å²) in [6.45, 7) is 0.706. The van der Waals surface area contributed by atoms with Gasteiger partial charge in [0.1, 0.15) is 17.6 Å². The summed E-state index contributed by atoms with van der Waals surface area (Å²) >= 11 is 3.40. The highest BCUT2D eigenvalue weighted by Crippen LogP contribution is 2.38. The van der Waals surface area contributed by atoms with Crippen molar-refractivity contribution in [1.29, 1.82) is 0 Å². The van der Waals surface area contributed by atoms with Crippen molar-refractivity contribution in [3.05, 3.63) is 22.2 Å². The standard InChI is InChI=1S/C13H17BrO4/c1-16-11-7-9(14)12(17-2)6-8(11)13(15)10-4-3-5-18-10/h6-7,10,13,15H,3-5H2,1-2H3. The molecule has 1 aromatic rings. The maximum atomic E-state index is 10.4. The van der Waals surface area contributed by atoms with Crippen LogP contribution in [0.25, 0.3) is 0 Å². The number of aliphatic hydroxyl groups excluding tert-OH is 1. The molecule has 0 bridgehead atoms. The van der Waals surface area contributed by atoms with Crippen LogP contribution in [0.4, 0.5) is 0 Å². The quantitative estimate of drug-likeness (QED) is 0.927. The Morgan fingerprint density at radius 1 is 1.33 bits per heavy atom. The van der Waals surface area contributed by atoms with Gasteiger partial charge < -0.3 is 19.3 Å². The zero-order valence-corrected chi connectivity index (χ0v) is 12.1. The minimum absolute atomic E-state index is 0.162. The van der Waals surface area contributed by atoms with E-state index in [0.717, 1.165) is 17.3 Å². The molecule has 1 aromatic carbocycles. The summed E-state index contributed by atoms with van der Waals surface area (Å²) in [5.41, 5.74) is 0.699. The second-order valence-electron chi connectivity index (χ2n) is 4.23. The molecule has 0 amide bonds. The van der Waals surface area contributed by atoms with Gasteiger partial charge in [0.2, 0.25) is 0 Å². The Labute approximate surface area is 115 Å². The topological polar surface area (TPSA) is 47.9 Å². The summed E-state index contributed by atoms with van der Waals surface area (Å²) in [5.74, 6) is 1.30. The van der Waals surface area contributed by atoms with E-state index in [1.54, 1.807) is 26.4 Å². The Morgan fingerprint density at radius 3 is 2.61 bits per heavy atom. The molecule has 0 radical (unpaired) electrons. The third kappa shape index (κ3) is 2.63. The van der Waals surface area contributed by atoms with Gasteiger partial charge >= 0.3 is 0 Å². The van der Waals surface area contributed by atoms with E-state index < -0.39 is 6.10 Å².